The zero-order valence-electron chi connectivity index (χ0n) is 13.9. The third-order valence-corrected chi connectivity index (χ3v) is 5.31. The number of hydrogen-bond donors (Lipinski definition) is 1. The average Bonchev–Trinajstić information content (AvgIpc) is 2.86. The number of benzene rings is 1. The van der Waals surface area contributed by atoms with E-state index in [2.05, 4.69) is 42.3 Å². The molecule has 1 saturated carbocycles. The topological polar surface area (TPSA) is 32.3 Å². The molecule has 0 bridgehead atoms. The number of nitrogens with zero attached hydrogens (tertiary/aromatic N) is 1. The van der Waals surface area contributed by atoms with Gasteiger partial charge in [0.25, 0.3) is 0 Å². The van der Waals surface area contributed by atoms with Crippen molar-refractivity contribution in [3.05, 3.63) is 34.9 Å². The summed E-state index contributed by atoms with van der Waals surface area (Å²) in [6.07, 6.45) is 4.62. The Morgan fingerprint density at radius 1 is 1.27 bits per heavy atom. The molecule has 1 aliphatic heterocycles. The lowest BCUT2D eigenvalue weighted by Gasteiger charge is -2.25. The highest BCUT2D eigenvalue weighted by molar-refractivity contribution is 5.79. The number of nitrogens with one attached hydrogen (secondary N) is 1. The number of amides is 1. The Bertz CT molecular complexity index is 536. The van der Waals surface area contributed by atoms with Gasteiger partial charge in [0.2, 0.25) is 5.91 Å². The second kappa shape index (κ2) is 6.82. The van der Waals surface area contributed by atoms with Crippen LogP contribution in [0.15, 0.2) is 18.2 Å². The lowest BCUT2D eigenvalue weighted by atomic mass is 9.85. The molecule has 3 heteroatoms. The van der Waals surface area contributed by atoms with Gasteiger partial charge in [0.1, 0.15) is 0 Å². The molecule has 1 aromatic rings. The Morgan fingerprint density at radius 2 is 2.09 bits per heavy atom. The van der Waals surface area contributed by atoms with E-state index < -0.39 is 0 Å². The maximum atomic E-state index is 11.9. The standard InChI is InChI=1S/C19H28N2O/c1-14-6-7-15(2)18(10-14)13-21-9-8-16(12-21)11-20-19(22)17-4-3-5-17/h6-7,10,16-17H,3-5,8-9,11-13H2,1-2H3,(H,20,22). The van der Waals surface area contributed by atoms with Crippen LogP contribution in [0.4, 0.5) is 0 Å². The van der Waals surface area contributed by atoms with Gasteiger partial charge in [-0.2, -0.15) is 0 Å². The molecule has 1 atom stereocenters. The van der Waals surface area contributed by atoms with Crippen molar-refractivity contribution in [2.45, 2.75) is 46.1 Å². The normalized spacial score (nSPS) is 22.5. The third-order valence-electron chi connectivity index (χ3n) is 5.31. The van der Waals surface area contributed by atoms with Crippen LogP contribution in [0.3, 0.4) is 0 Å². The molecule has 0 aromatic heterocycles. The van der Waals surface area contributed by atoms with E-state index in [9.17, 15) is 4.79 Å². The Morgan fingerprint density at radius 3 is 2.82 bits per heavy atom. The first-order valence-electron chi connectivity index (χ1n) is 8.68. The molecule has 22 heavy (non-hydrogen) atoms. The first kappa shape index (κ1) is 15.5. The Hall–Kier alpha value is -1.35. The van der Waals surface area contributed by atoms with Crippen molar-refractivity contribution in [1.82, 2.24) is 10.2 Å². The summed E-state index contributed by atoms with van der Waals surface area (Å²) in [6.45, 7) is 8.52. The van der Waals surface area contributed by atoms with Crippen molar-refractivity contribution in [2.75, 3.05) is 19.6 Å². The monoisotopic (exact) mass is 300 g/mol. The highest BCUT2D eigenvalue weighted by Crippen LogP contribution is 2.26. The number of rotatable bonds is 5. The van der Waals surface area contributed by atoms with Crippen LogP contribution in [0.1, 0.15) is 42.4 Å². The minimum atomic E-state index is 0.291. The summed E-state index contributed by atoms with van der Waals surface area (Å²) in [5.74, 6) is 1.22. The fourth-order valence-corrected chi connectivity index (χ4v) is 3.49. The summed E-state index contributed by atoms with van der Waals surface area (Å²) in [6, 6.07) is 6.71. The quantitative estimate of drug-likeness (QED) is 0.906. The van der Waals surface area contributed by atoms with Crippen molar-refractivity contribution in [2.24, 2.45) is 11.8 Å². The van der Waals surface area contributed by atoms with Crippen molar-refractivity contribution in [3.63, 3.8) is 0 Å². The molecule has 1 heterocycles. The smallest absolute Gasteiger partial charge is 0.223 e. The van der Waals surface area contributed by atoms with E-state index in [0.717, 1.165) is 39.0 Å². The van der Waals surface area contributed by atoms with Gasteiger partial charge in [-0.1, -0.05) is 30.2 Å². The van der Waals surface area contributed by atoms with Crippen LogP contribution in [0, 0.1) is 25.7 Å². The zero-order chi connectivity index (χ0) is 15.5. The van der Waals surface area contributed by atoms with E-state index in [-0.39, 0.29) is 0 Å². The summed E-state index contributed by atoms with van der Waals surface area (Å²) < 4.78 is 0. The number of hydrogen-bond acceptors (Lipinski definition) is 2. The molecule has 1 aliphatic carbocycles. The summed E-state index contributed by atoms with van der Waals surface area (Å²) in [7, 11) is 0. The minimum absolute atomic E-state index is 0.291. The van der Waals surface area contributed by atoms with Crippen LogP contribution in [0.5, 0.6) is 0 Å². The predicted octanol–water partition coefficient (Wildman–Crippen LogP) is 3.04. The van der Waals surface area contributed by atoms with E-state index >= 15 is 0 Å². The molecule has 3 rings (SSSR count). The van der Waals surface area contributed by atoms with Crippen LogP contribution in [-0.2, 0) is 11.3 Å². The summed E-state index contributed by atoms with van der Waals surface area (Å²) >= 11 is 0. The van der Waals surface area contributed by atoms with Gasteiger partial charge in [-0.3, -0.25) is 9.69 Å². The van der Waals surface area contributed by atoms with Gasteiger partial charge in [0.05, 0.1) is 0 Å². The molecule has 2 fully saturated rings. The molecule has 0 spiro atoms. The number of carbonyl (C=O) groups is 1. The number of carbonyl (C=O) groups excluding carboxylic acids is 1. The highest BCUT2D eigenvalue weighted by atomic mass is 16.1. The molecule has 1 unspecified atom stereocenters. The molecule has 1 amide bonds. The molecule has 1 aromatic carbocycles. The lowest BCUT2D eigenvalue weighted by molar-refractivity contribution is -0.127. The molecule has 3 nitrogen and oxygen atoms in total. The van der Waals surface area contributed by atoms with Crippen LogP contribution >= 0.6 is 0 Å². The maximum absolute atomic E-state index is 11.9. The van der Waals surface area contributed by atoms with Crippen LogP contribution < -0.4 is 5.32 Å². The predicted molar refractivity (Wildman–Crippen MR) is 89.7 cm³/mol. The molecule has 1 saturated heterocycles. The lowest BCUT2D eigenvalue weighted by Crippen LogP contribution is -2.37. The van der Waals surface area contributed by atoms with E-state index in [1.165, 1.54) is 29.5 Å². The van der Waals surface area contributed by atoms with Gasteiger partial charge >= 0.3 is 0 Å². The Labute approximate surface area is 134 Å². The highest BCUT2D eigenvalue weighted by Gasteiger charge is 2.27. The average molecular weight is 300 g/mol. The second-order valence-corrected chi connectivity index (χ2v) is 7.19. The minimum Gasteiger partial charge on any atom is -0.356 e. The van der Waals surface area contributed by atoms with E-state index in [1.54, 1.807) is 0 Å². The van der Waals surface area contributed by atoms with E-state index in [0.29, 0.717) is 17.7 Å². The van der Waals surface area contributed by atoms with Crippen molar-refractivity contribution < 1.29 is 4.79 Å². The van der Waals surface area contributed by atoms with E-state index in [4.69, 9.17) is 0 Å². The van der Waals surface area contributed by atoms with Gasteiger partial charge in [-0.25, -0.2) is 0 Å². The Kier molecular flexibility index (Phi) is 4.82. The second-order valence-electron chi connectivity index (χ2n) is 7.19. The molecule has 120 valence electrons. The fraction of sp³-hybridized carbons (Fsp3) is 0.632. The number of aryl methyl sites for hydroxylation is 2. The maximum Gasteiger partial charge on any atom is 0.223 e. The first-order valence-corrected chi connectivity index (χ1v) is 8.68. The summed E-state index contributed by atoms with van der Waals surface area (Å²) in [4.78, 5) is 14.4. The van der Waals surface area contributed by atoms with Crippen LogP contribution in [0.25, 0.3) is 0 Å². The SMILES string of the molecule is Cc1ccc(C)c(CN2CCC(CNC(=O)C3CCC3)C2)c1. The summed E-state index contributed by atoms with van der Waals surface area (Å²) in [5, 5.41) is 3.17. The molecule has 2 aliphatic rings. The van der Waals surface area contributed by atoms with Crippen LogP contribution in [-0.4, -0.2) is 30.4 Å². The molecule has 0 radical (unpaired) electrons. The molecule has 1 N–H and O–H groups in total. The third kappa shape index (κ3) is 3.70. The van der Waals surface area contributed by atoms with Crippen molar-refractivity contribution in [3.8, 4) is 0 Å². The van der Waals surface area contributed by atoms with Gasteiger partial charge in [0, 0.05) is 25.6 Å². The molecular formula is C19H28N2O. The van der Waals surface area contributed by atoms with E-state index in [1.807, 2.05) is 0 Å². The fourth-order valence-electron chi connectivity index (χ4n) is 3.49. The van der Waals surface area contributed by atoms with Crippen molar-refractivity contribution in [1.29, 1.82) is 0 Å². The first-order chi connectivity index (χ1) is 10.6. The zero-order valence-corrected chi connectivity index (χ0v) is 13.9. The largest absolute Gasteiger partial charge is 0.356 e. The van der Waals surface area contributed by atoms with Gasteiger partial charge in [-0.15, -0.1) is 0 Å². The Balaban J connectivity index is 1.45. The van der Waals surface area contributed by atoms with Gasteiger partial charge < -0.3 is 5.32 Å². The number of likely N-dealkylation sites (tertiary alicyclic amines) is 1. The summed E-state index contributed by atoms with van der Waals surface area (Å²) in [5.41, 5.74) is 4.16. The molecular weight excluding hydrogens is 272 g/mol. The van der Waals surface area contributed by atoms with Crippen LogP contribution in [0.2, 0.25) is 0 Å². The van der Waals surface area contributed by atoms with Crippen molar-refractivity contribution >= 4 is 5.91 Å². The van der Waals surface area contributed by atoms with Gasteiger partial charge in [-0.05, 0) is 56.7 Å². The van der Waals surface area contributed by atoms with Gasteiger partial charge in [0.15, 0.2) is 0 Å².